The molecule has 6 nitrogen and oxygen atoms in total. The van der Waals surface area contributed by atoms with Crippen molar-refractivity contribution in [2.45, 2.75) is 45.6 Å². The number of likely N-dealkylation sites (tertiary alicyclic amines) is 1. The van der Waals surface area contributed by atoms with Crippen molar-refractivity contribution in [1.82, 2.24) is 19.9 Å². The van der Waals surface area contributed by atoms with Crippen LogP contribution in [-0.2, 0) is 4.79 Å². The topological polar surface area (TPSA) is 71.0 Å². The maximum Gasteiger partial charge on any atom is 0.222 e. The number of hydrogen-bond donors (Lipinski definition) is 1. The number of carbonyl (C=O) groups is 1. The van der Waals surface area contributed by atoms with Crippen LogP contribution in [0.1, 0.15) is 50.2 Å². The normalized spacial score (nSPS) is 18.0. The highest BCUT2D eigenvalue weighted by Gasteiger charge is 2.28. The van der Waals surface area contributed by atoms with E-state index in [0.29, 0.717) is 12.2 Å². The molecule has 122 valence electrons. The van der Waals surface area contributed by atoms with Crippen LogP contribution >= 0.6 is 11.3 Å². The zero-order valence-electron chi connectivity index (χ0n) is 13.5. The van der Waals surface area contributed by atoms with Crippen LogP contribution in [0.25, 0.3) is 0 Å². The fraction of sp³-hybridized carbons (Fsp3) is 0.500. The van der Waals surface area contributed by atoms with Crippen molar-refractivity contribution >= 4 is 28.2 Å². The van der Waals surface area contributed by atoms with Crippen molar-refractivity contribution in [2.24, 2.45) is 0 Å². The molecular weight excluding hydrogens is 310 g/mol. The number of aromatic nitrogens is 3. The Bertz CT molecular complexity index is 673. The molecule has 1 saturated heterocycles. The lowest BCUT2D eigenvalue weighted by atomic mass is 9.98. The van der Waals surface area contributed by atoms with E-state index in [1.165, 1.54) is 11.3 Å². The third-order valence-corrected chi connectivity index (χ3v) is 4.68. The minimum Gasteiger partial charge on any atom is -0.334 e. The molecule has 0 aliphatic carbocycles. The number of hydrogen-bond acceptors (Lipinski definition) is 6. The number of carbonyl (C=O) groups excluding carboxylic acids is 1. The van der Waals surface area contributed by atoms with Gasteiger partial charge in [-0.1, -0.05) is 6.92 Å². The summed E-state index contributed by atoms with van der Waals surface area (Å²) in [6, 6.07) is 2.00. The van der Waals surface area contributed by atoms with Crippen LogP contribution in [-0.4, -0.2) is 32.3 Å². The Balaban J connectivity index is 1.88. The molecule has 23 heavy (non-hydrogen) atoms. The third-order valence-electron chi connectivity index (χ3n) is 3.99. The Kier molecular flexibility index (Phi) is 4.85. The van der Waals surface area contributed by atoms with E-state index < -0.39 is 0 Å². The van der Waals surface area contributed by atoms with Gasteiger partial charge in [0.15, 0.2) is 5.13 Å². The number of amides is 1. The highest BCUT2D eigenvalue weighted by atomic mass is 32.1. The molecule has 1 fully saturated rings. The SMILES string of the molecule is CCC(=O)N1CCCC[C@H]1c1cc(Nc2nccs2)nc(C)n1. The van der Waals surface area contributed by atoms with Crippen LogP contribution in [0.4, 0.5) is 10.9 Å². The minimum atomic E-state index is 0.0507. The van der Waals surface area contributed by atoms with E-state index in [1.807, 2.05) is 30.2 Å². The zero-order valence-corrected chi connectivity index (χ0v) is 14.3. The summed E-state index contributed by atoms with van der Waals surface area (Å²) in [5.41, 5.74) is 0.915. The van der Waals surface area contributed by atoms with Gasteiger partial charge >= 0.3 is 0 Å². The molecule has 2 aromatic rings. The lowest BCUT2D eigenvalue weighted by Gasteiger charge is -2.35. The molecule has 3 rings (SSSR count). The molecule has 1 atom stereocenters. The molecule has 1 aliphatic rings. The first-order chi connectivity index (χ1) is 11.2. The average molecular weight is 331 g/mol. The van der Waals surface area contributed by atoms with Gasteiger partial charge in [0, 0.05) is 30.6 Å². The molecule has 0 aromatic carbocycles. The second-order valence-corrected chi connectivity index (χ2v) is 6.53. The quantitative estimate of drug-likeness (QED) is 0.929. The zero-order chi connectivity index (χ0) is 16.2. The van der Waals surface area contributed by atoms with Crippen LogP contribution in [0.3, 0.4) is 0 Å². The largest absolute Gasteiger partial charge is 0.334 e. The Labute approximate surface area is 140 Å². The Hall–Kier alpha value is -2.02. The second kappa shape index (κ2) is 7.04. The summed E-state index contributed by atoms with van der Waals surface area (Å²) < 4.78 is 0. The number of aryl methyl sites for hydroxylation is 1. The summed E-state index contributed by atoms with van der Waals surface area (Å²) in [5.74, 6) is 1.63. The van der Waals surface area contributed by atoms with E-state index in [9.17, 15) is 4.79 Å². The molecular formula is C16H21N5OS. The molecule has 1 N–H and O–H groups in total. The standard InChI is InChI=1S/C16H21N5OS/c1-3-15(22)21-8-5-4-6-13(21)12-10-14(19-11(2)18-12)20-16-17-7-9-23-16/h7,9-10,13H,3-6,8H2,1-2H3,(H,17,18,19,20)/t13-/m0/s1. The molecule has 0 radical (unpaired) electrons. The summed E-state index contributed by atoms with van der Waals surface area (Å²) in [5, 5.41) is 5.94. The van der Waals surface area contributed by atoms with Gasteiger partial charge in [-0.25, -0.2) is 15.0 Å². The van der Waals surface area contributed by atoms with Gasteiger partial charge in [-0.05, 0) is 26.2 Å². The molecule has 2 aromatic heterocycles. The van der Waals surface area contributed by atoms with Crippen LogP contribution in [0.15, 0.2) is 17.6 Å². The number of nitrogens with zero attached hydrogens (tertiary/aromatic N) is 4. The first-order valence-electron chi connectivity index (χ1n) is 7.99. The third kappa shape index (κ3) is 3.67. The lowest BCUT2D eigenvalue weighted by molar-refractivity contribution is -0.134. The highest BCUT2D eigenvalue weighted by molar-refractivity contribution is 7.13. The van der Waals surface area contributed by atoms with Crippen molar-refractivity contribution in [1.29, 1.82) is 0 Å². The van der Waals surface area contributed by atoms with E-state index in [1.54, 1.807) is 6.20 Å². The maximum atomic E-state index is 12.2. The predicted molar refractivity (Wildman–Crippen MR) is 90.8 cm³/mol. The van der Waals surface area contributed by atoms with Crippen LogP contribution in [0, 0.1) is 6.92 Å². The molecule has 0 bridgehead atoms. The first-order valence-corrected chi connectivity index (χ1v) is 8.87. The summed E-state index contributed by atoms with van der Waals surface area (Å²) in [6.07, 6.45) is 5.43. The van der Waals surface area contributed by atoms with Crippen molar-refractivity contribution in [2.75, 3.05) is 11.9 Å². The van der Waals surface area contributed by atoms with Gasteiger partial charge in [-0.3, -0.25) is 4.79 Å². The minimum absolute atomic E-state index is 0.0507. The average Bonchev–Trinajstić information content (AvgIpc) is 3.06. The van der Waals surface area contributed by atoms with Crippen LogP contribution in [0.2, 0.25) is 0 Å². The number of rotatable bonds is 4. The van der Waals surface area contributed by atoms with Crippen molar-refractivity contribution in [3.8, 4) is 0 Å². The molecule has 0 unspecified atom stereocenters. The number of anilines is 2. The Morgan fingerprint density at radius 2 is 2.30 bits per heavy atom. The van der Waals surface area contributed by atoms with Gasteiger partial charge in [0.1, 0.15) is 11.6 Å². The summed E-state index contributed by atoms with van der Waals surface area (Å²) in [6.45, 7) is 4.61. The van der Waals surface area contributed by atoms with Gasteiger partial charge < -0.3 is 10.2 Å². The van der Waals surface area contributed by atoms with E-state index in [-0.39, 0.29) is 11.9 Å². The molecule has 1 aliphatic heterocycles. The molecule has 3 heterocycles. The maximum absolute atomic E-state index is 12.2. The van der Waals surface area contributed by atoms with Gasteiger partial charge in [0.05, 0.1) is 11.7 Å². The second-order valence-electron chi connectivity index (χ2n) is 5.64. The van der Waals surface area contributed by atoms with Crippen LogP contribution < -0.4 is 5.32 Å². The van der Waals surface area contributed by atoms with Gasteiger partial charge in [0.25, 0.3) is 0 Å². The van der Waals surface area contributed by atoms with Crippen LogP contribution in [0.5, 0.6) is 0 Å². The summed E-state index contributed by atoms with van der Waals surface area (Å²) in [7, 11) is 0. The fourth-order valence-electron chi connectivity index (χ4n) is 2.96. The summed E-state index contributed by atoms with van der Waals surface area (Å²) in [4.78, 5) is 27.5. The Morgan fingerprint density at radius 1 is 1.43 bits per heavy atom. The smallest absolute Gasteiger partial charge is 0.222 e. The van der Waals surface area contributed by atoms with E-state index in [0.717, 1.165) is 42.5 Å². The molecule has 0 spiro atoms. The van der Waals surface area contributed by atoms with E-state index in [2.05, 4.69) is 20.3 Å². The predicted octanol–water partition coefficient (Wildman–Crippen LogP) is 3.45. The van der Waals surface area contributed by atoms with E-state index in [4.69, 9.17) is 0 Å². The first kappa shape index (κ1) is 15.9. The molecule has 7 heteroatoms. The van der Waals surface area contributed by atoms with Gasteiger partial charge in [-0.2, -0.15) is 0 Å². The number of piperidine rings is 1. The molecule has 0 saturated carbocycles. The molecule has 1 amide bonds. The number of thiazole rings is 1. The van der Waals surface area contributed by atoms with Crippen molar-refractivity contribution in [3.05, 3.63) is 29.2 Å². The van der Waals surface area contributed by atoms with Gasteiger partial charge in [-0.15, -0.1) is 11.3 Å². The van der Waals surface area contributed by atoms with Gasteiger partial charge in [0.2, 0.25) is 5.91 Å². The lowest BCUT2D eigenvalue weighted by Crippen LogP contribution is -2.38. The van der Waals surface area contributed by atoms with Crippen molar-refractivity contribution in [3.63, 3.8) is 0 Å². The monoisotopic (exact) mass is 331 g/mol. The van der Waals surface area contributed by atoms with E-state index >= 15 is 0 Å². The van der Waals surface area contributed by atoms with Crippen molar-refractivity contribution < 1.29 is 4.79 Å². The number of nitrogens with one attached hydrogen (secondary N) is 1. The fourth-order valence-corrected chi connectivity index (χ4v) is 3.50. The summed E-state index contributed by atoms with van der Waals surface area (Å²) >= 11 is 1.53. The highest BCUT2D eigenvalue weighted by Crippen LogP contribution is 2.31. The Morgan fingerprint density at radius 3 is 3.04 bits per heavy atom.